The van der Waals surface area contributed by atoms with E-state index in [9.17, 15) is 0 Å². The number of rotatable bonds is 4. The number of ether oxygens (including phenoxy) is 1. The van der Waals surface area contributed by atoms with Crippen LogP contribution in [-0.4, -0.2) is 17.1 Å². The highest BCUT2D eigenvalue weighted by Gasteiger charge is 2.21. The molecule has 0 saturated carbocycles. The van der Waals surface area contributed by atoms with Gasteiger partial charge in [0.05, 0.1) is 13.2 Å². The van der Waals surface area contributed by atoms with Crippen molar-refractivity contribution in [3.05, 3.63) is 54.0 Å². The maximum Gasteiger partial charge on any atom is 0.237 e. The van der Waals surface area contributed by atoms with E-state index < -0.39 is 0 Å². The van der Waals surface area contributed by atoms with Gasteiger partial charge in [-0.2, -0.15) is 0 Å². The SMILES string of the molecule is COc1nccnc1C(N)C(C)c1ccccc1. The quantitative estimate of drug-likeness (QED) is 0.895. The summed E-state index contributed by atoms with van der Waals surface area (Å²) in [7, 11) is 1.58. The first-order valence-electron chi connectivity index (χ1n) is 5.89. The third-order valence-corrected chi connectivity index (χ3v) is 3.06. The lowest BCUT2D eigenvalue weighted by atomic mass is 9.92. The Morgan fingerprint density at radius 1 is 1.11 bits per heavy atom. The fourth-order valence-corrected chi connectivity index (χ4v) is 1.92. The van der Waals surface area contributed by atoms with Crippen molar-refractivity contribution in [2.75, 3.05) is 7.11 Å². The number of benzene rings is 1. The van der Waals surface area contributed by atoms with E-state index in [0.29, 0.717) is 11.6 Å². The molecule has 0 fully saturated rings. The van der Waals surface area contributed by atoms with Crippen molar-refractivity contribution in [2.24, 2.45) is 5.73 Å². The van der Waals surface area contributed by atoms with Gasteiger partial charge in [-0.05, 0) is 5.56 Å². The van der Waals surface area contributed by atoms with Crippen LogP contribution < -0.4 is 10.5 Å². The molecule has 2 unspecified atom stereocenters. The van der Waals surface area contributed by atoms with Gasteiger partial charge in [0.15, 0.2) is 0 Å². The van der Waals surface area contributed by atoms with Crippen LogP contribution in [0.3, 0.4) is 0 Å². The minimum Gasteiger partial charge on any atom is -0.480 e. The molecule has 2 N–H and O–H groups in total. The minimum absolute atomic E-state index is 0.150. The number of methoxy groups -OCH3 is 1. The molecule has 1 aromatic carbocycles. The molecule has 18 heavy (non-hydrogen) atoms. The fourth-order valence-electron chi connectivity index (χ4n) is 1.92. The van der Waals surface area contributed by atoms with Crippen LogP contribution in [0.5, 0.6) is 5.88 Å². The normalized spacial score (nSPS) is 13.9. The smallest absolute Gasteiger partial charge is 0.237 e. The average Bonchev–Trinajstić information content (AvgIpc) is 2.46. The Balaban J connectivity index is 2.28. The van der Waals surface area contributed by atoms with E-state index in [2.05, 4.69) is 29.0 Å². The van der Waals surface area contributed by atoms with E-state index in [1.54, 1.807) is 19.5 Å². The molecule has 0 aliphatic rings. The van der Waals surface area contributed by atoms with Crippen LogP contribution in [0.15, 0.2) is 42.7 Å². The molecule has 2 rings (SSSR count). The topological polar surface area (TPSA) is 61.0 Å². The Morgan fingerprint density at radius 3 is 2.44 bits per heavy atom. The highest BCUT2D eigenvalue weighted by atomic mass is 16.5. The molecule has 4 heteroatoms. The van der Waals surface area contributed by atoms with E-state index in [1.165, 1.54) is 5.56 Å². The molecule has 1 heterocycles. The summed E-state index contributed by atoms with van der Waals surface area (Å²) < 4.78 is 5.20. The Hall–Kier alpha value is -1.94. The third kappa shape index (κ3) is 2.49. The van der Waals surface area contributed by atoms with E-state index in [1.807, 2.05) is 18.2 Å². The monoisotopic (exact) mass is 243 g/mol. The summed E-state index contributed by atoms with van der Waals surface area (Å²) in [4.78, 5) is 8.41. The molecular formula is C14H17N3O. The van der Waals surface area contributed by atoms with Gasteiger partial charge in [-0.1, -0.05) is 37.3 Å². The molecule has 2 aromatic rings. The van der Waals surface area contributed by atoms with Gasteiger partial charge in [0, 0.05) is 18.3 Å². The summed E-state index contributed by atoms with van der Waals surface area (Å²) >= 11 is 0. The zero-order chi connectivity index (χ0) is 13.0. The van der Waals surface area contributed by atoms with Crippen LogP contribution >= 0.6 is 0 Å². The van der Waals surface area contributed by atoms with Crippen LogP contribution in [0.25, 0.3) is 0 Å². The first-order valence-corrected chi connectivity index (χ1v) is 5.89. The van der Waals surface area contributed by atoms with E-state index in [4.69, 9.17) is 10.5 Å². The maximum atomic E-state index is 6.26. The van der Waals surface area contributed by atoms with Crippen molar-refractivity contribution in [3.63, 3.8) is 0 Å². The third-order valence-electron chi connectivity index (χ3n) is 3.06. The van der Waals surface area contributed by atoms with Crippen LogP contribution in [0.4, 0.5) is 0 Å². The van der Waals surface area contributed by atoms with Crippen LogP contribution in [0, 0.1) is 0 Å². The van der Waals surface area contributed by atoms with Gasteiger partial charge in [-0.15, -0.1) is 0 Å². The summed E-state index contributed by atoms with van der Waals surface area (Å²) in [6.07, 6.45) is 3.23. The van der Waals surface area contributed by atoms with E-state index in [-0.39, 0.29) is 12.0 Å². The van der Waals surface area contributed by atoms with Crippen molar-refractivity contribution < 1.29 is 4.74 Å². The first kappa shape index (κ1) is 12.5. The predicted octanol–water partition coefficient (Wildman–Crippen LogP) is 2.29. The van der Waals surface area contributed by atoms with Gasteiger partial charge in [-0.3, -0.25) is 4.98 Å². The van der Waals surface area contributed by atoms with Crippen LogP contribution in [0.1, 0.15) is 30.1 Å². The van der Waals surface area contributed by atoms with Gasteiger partial charge >= 0.3 is 0 Å². The van der Waals surface area contributed by atoms with Crippen molar-refractivity contribution >= 4 is 0 Å². The summed E-state index contributed by atoms with van der Waals surface area (Å²) in [6, 6.07) is 9.89. The number of hydrogen-bond donors (Lipinski definition) is 1. The van der Waals surface area contributed by atoms with Gasteiger partial charge in [0.25, 0.3) is 0 Å². The Kier molecular flexibility index (Phi) is 3.89. The van der Waals surface area contributed by atoms with Crippen molar-refractivity contribution in [2.45, 2.75) is 18.9 Å². The molecule has 2 atom stereocenters. The number of aromatic nitrogens is 2. The molecule has 0 bridgehead atoms. The van der Waals surface area contributed by atoms with Gasteiger partial charge in [-0.25, -0.2) is 4.98 Å². The number of nitrogens with zero attached hydrogens (tertiary/aromatic N) is 2. The Bertz CT molecular complexity index is 501. The highest BCUT2D eigenvalue weighted by Crippen LogP contribution is 2.30. The van der Waals surface area contributed by atoms with E-state index >= 15 is 0 Å². The summed E-state index contributed by atoms with van der Waals surface area (Å²) in [5, 5.41) is 0. The Labute approximate surface area is 107 Å². The van der Waals surface area contributed by atoms with Gasteiger partial charge in [0.2, 0.25) is 5.88 Å². The molecule has 0 spiro atoms. The van der Waals surface area contributed by atoms with Crippen LogP contribution in [-0.2, 0) is 0 Å². The number of hydrogen-bond acceptors (Lipinski definition) is 4. The molecule has 4 nitrogen and oxygen atoms in total. The molecule has 0 saturated heterocycles. The van der Waals surface area contributed by atoms with Crippen molar-refractivity contribution in [1.29, 1.82) is 0 Å². The highest BCUT2D eigenvalue weighted by molar-refractivity contribution is 5.28. The second-order valence-corrected chi connectivity index (χ2v) is 4.18. The standard InChI is InChI=1S/C14H17N3O/c1-10(11-6-4-3-5-7-11)12(15)13-14(18-2)17-9-8-16-13/h3-10,12H,15H2,1-2H3. The summed E-state index contributed by atoms with van der Waals surface area (Å²) in [5.41, 5.74) is 8.13. The van der Waals surface area contributed by atoms with Crippen molar-refractivity contribution in [1.82, 2.24) is 9.97 Å². The van der Waals surface area contributed by atoms with Gasteiger partial charge < -0.3 is 10.5 Å². The lowest BCUT2D eigenvalue weighted by Gasteiger charge is -2.20. The first-order chi connectivity index (χ1) is 8.74. The zero-order valence-electron chi connectivity index (χ0n) is 10.6. The summed E-state index contributed by atoms with van der Waals surface area (Å²) in [5.74, 6) is 0.643. The number of nitrogens with two attached hydrogens (primary N) is 1. The second-order valence-electron chi connectivity index (χ2n) is 4.18. The van der Waals surface area contributed by atoms with Crippen molar-refractivity contribution in [3.8, 4) is 5.88 Å². The molecule has 94 valence electrons. The zero-order valence-corrected chi connectivity index (χ0v) is 10.6. The molecule has 0 radical (unpaired) electrons. The Morgan fingerprint density at radius 2 is 1.78 bits per heavy atom. The second kappa shape index (κ2) is 5.60. The van der Waals surface area contributed by atoms with Crippen LogP contribution in [0.2, 0.25) is 0 Å². The predicted molar refractivity (Wildman–Crippen MR) is 70.4 cm³/mol. The molecule has 0 amide bonds. The maximum absolute atomic E-state index is 6.26. The molecule has 1 aromatic heterocycles. The molecule has 0 aliphatic heterocycles. The molecular weight excluding hydrogens is 226 g/mol. The van der Waals surface area contributed by atoms with E-state index in [0.717, 1.165) is 0 Å². The van der Waals surface area contributed by atoms with Gasteiger partial charge in [0.1, 0.15) is 5.69 Å². The minimum atomic E-state index is -0.240. The summed E-state index contributed by atoms with van der Waals surface area (Å²) in [6.45, 7) is 2.08. The molecule has 0 aliphatic carbocycles. The lowest BCUT2D eigenvalue weighted by molar-refractivity contribution is 0.380. The fraction of sp³-hybridized carbons (Fsp3) is 0.286. The lowest BCUT2D eigenvalue weighted by Crippen LogP contribution is -2.20. The largest absolute Gasteiger partial charge is 0.480 e. The average molecular weight is 243 g/mol.